The highest BCUT2D eigenvalue weighted by Gasteiger charge is 2.19. The standard InChI is InChI=1S/C22H29N3O/c1-2-7-19-10-12-21(13-11-19)23-22(26)25-15-6-14-24(16-17-25)18-20-8-4-3-5-9-20/h3-5,8-13H,2,6-7,14-18H2,1H3,(H,23,26). The van der Waals surface area contributed by atoms with Gasteiger partial charge < -0.3 is 10.2 Å². The van der Waals surface area contributed by atoms with Crippen molar-refractivity contribution in [1.82, 2.24) is 9.80 Å². The summed E-state index contributed by atoms with van der Waals surface area (Å²) in [6.07, 6.45) is 3.23. The molecule has 0 atom stereocenters. The minimum absolute atomic E-state index is 0.00908. The van der Waals surface area contributed by atoms with Crippen LogP contribution in [0.5, 0.6) is 0 Å². The zero-order valence-electron chi connectivity index (χ0n) is 15.7. The van der Waals surface area contributed by atoms with E-state index >= 15 is 0 Å². The average molecular weight is 351 g/mol. The lowest BCUT2D eigenvalue weighted by molar-refractivity contribution is 0.211. The third kappa shape index (κ3) is 5.33. The minimum atomic E-state index is 0.00908. The molecule has 1 fully saturated rings. The van der Waals surface area contributed by atoms with Crippen LogP contribution >= 0.6 is 0 Å². The van der Waals surface area contributed by atoms with Gasteiger partial charge in [-0.1, -0.05) is 55.8 Å². The molecule has 1 N–H and O–H groups in total. The number of rotatable bonds is 5. The quantitative estimate of drug-likeness (QED) is 0.868. The molecule has 1 aliphatic heterocycles. The number of nitrogens with zero attached hydrogens (tertiary/aromatic N) is 2. The van der Waals surface area contributed by atoms with Crippen molar-refractivity contribution in [2.24, 2.45) is 0 Å². The SMILES string of the molecule is CCCc1ccc(NC(=O)N2CCCN(Cc3ccccc3)CC2)cc1. The van der Waals surface area contributed by atoms with E-state index in [9.17, 15) is 4.79 Å². The second-order valence-electron chi connectivity index (χ2n) is 6.98. The van der Waals surface area contributed by atoms with Gasteiger partial charge >= 0.3 is 6.03 Å². The number of amides is 2. The number of hydrogen-bond acceptors (Lipinski definition) is 2. The van der Waals surface area contributed by atoms with E-state index in [4.69, 9.17) is 0 Å². The molecule has 3 rings (SSSR count). The summed E-state index contributed by atoms with van der Waals surface area (Å²) >= 11 is 0. The van der Waals surface area contributed by atoms with Crippen molar-refractivity contribution in [2.45, 2.75) is 32.7 Å². The van der Waals surface area contributed by atoms with Crippen molar-refractivity contribution < 1.29 is 4.79 Å². The van der Waals surface area contributed by atoms with Crippen molar-refractivity contribution in [3.05, 3.63) is 65.7 Å². The van der Waals surface area contributed by atoms with Crippen LogP contribution in [0.3, 0.4) is 0 Å². The third-order valence-corrected chi connectivity index (χ3v) is 4.87. The van der Waals surface area contributed by atoms with Crippen LogP contribution < -0.4 is 5.32 Å². The predicted octanol–water partition coefficient (Wildman–Crippen LogP) is 4.38. The van der Waals surface area contributed by atoms with Crippen LogP contribution in [-0.4, -0.2) is 42.0 Å². The second kappa shape index (κ2) is 9.39. The Morgan fingerprint density at radius 2 is 1.69 bits per heavy atom. The smallest absolute Gasteiger partial charge is 0.321 e. The zero-order valence-corrected chi connectivity index (χ0v) is 15.7. The number of hydrogen-bond donors (Lipinski definition) is 1. The molecular weight excluding hydrogens is 322 g/mol. The number of nitrogens with one attached hydrogen (secondary N) is 1. The Hall–Kier alpha value is -2.33. The van der Waals surface area contributed by atoms with Gasteiger partial charge in [0.15, 0.2) is 0 Å². The molecule has 1 aliphatic rings. The molecule has 0 bridgehead atoms. The van der Waals surface area contributed by atoms with Gasteiger partial charge in [-0.3, -0.25) is 4.90 Å². The lowest BCUT2D eigenvalue weighted by Gasteiger charge is -2.22. The first-order chi connectivity index (χ1) is 12.7. The maximum absolute atomic E-state index is 12.6. The number of carbonyl (C=O) groups is 1. The summed E-state index contributed by atoms with van der Waals surface area (Å²) in [5.74, 6) is 0. The van der Waals surface area contributed by atoms with Crippen molar-refractivity contribution >= 4 is 11.7 Å². The Morgan fingerprint density at radius 3 is 2.42 bits per heavy atom. The van der Waals surface area contributed by atoms with Crippen LogP contribution in [0.4, 0.5) is 10.5 Å². The molecule has 0 spiro atoms. The highest BCUT2D eigenvalue weighted by molar-refractivity contribution is 5.89. The number of carbonyl (C=O) groups excluding carboxylic acids is 1. The normalized spacial score (nSPS) is 15.5. The fraction of sp³-hybridized carbons (Fsp3) is 0.409. The molecule has 1 saturated heterocycles. The number of benzene rings is 2. The van der Waals surface area contributed by atoms with Crippen LogP contribution in [0.25, 0.3) is 0 Å². The molecular formula is C22H29N3O. The van der Waals surface area contributed by atoms with Gasteiger partial charge in [-0.2, -0.15) is 0 Å². The summed E-state index contributed by atoms with van der Waals surface area (Å²) in [5.41, 5.74) is 3.52. The third-order valence-electron chi connectivity index (χ3n) is 4.87. The summed E-state index contributed by atoms with van der Waals surface area (Å²) in [6.45, 7) is 6.66. The molecule has 0 saturated carbocycles. The molecule has 4 heteroatoms. The molecule has 0 aliphatic carbocycles. The summed E-state index contributed by atoms with van der Waals surface area (Å²) < 4.78 is 0. The van der Waals surface area contributed by atoms with Crippen molar-refractivity contribution in [3.63, 3.8) is 0 Å². The number of urea groups is 1. The van der Waals surface area contributed by atoms with Gasteiger partial charge in [0, 0.05) is 38.4 Å². The summed E-state index contributed by atoms with van der Waals surface area (Å²) in [5, 5.41) is 3.04. The van der Waals surface area contributed by atoms with Crippen LogP contribution in [0, 0.1) is 0 Å². The van der Waals surface area contributed by atoms with Gasteiger partial charge in [0.1, 0.15) is 0 Å². The first kappa shape index (κ1) is 18.5. The van der Waals surface area contributed by atoms with E-state index in [-0.39, 0.29) is 6.03 Å². The molecule has 26 heavy (non-hydrogen) atoms. The van der Waals surface area contributed by atoms with E-state index in [0.717, 1.165) is 57.7 Å². The number of aryl methyl sites for hydroxylation is 1. The molecule has 0 unspecified atom stereocenters. The Kier molecular flexibility index (Phi) is 6.67. The Morgan fingerprint density at radius 1 is 0.923 bits per heavy atom. The van der Waals surface area contributed by atoms with Crippen molar-refractivity contribution in [2.75, 3.05) is 31.5 Å². The molecule has 2 amide bonds. The highest BCUT2D eigenvalue weighted by Crippen LogP contribution is 2.13. The Balaban J connectivity index is 1.50. The van der Waals surface area contributed by atoms with Gasteiger partial charge in [0.05, 0.1) is 0 Å². The van der Waals surface area contributed by atoms with E-state index in [1.54, 1.807) is 0 Å². The second-order valence-corrected chi connectivity index (χ2v) is 6.98. The number of anilines is 1. The molecule has 138 valence electrons. The Labute approximate surface area is 156 Å². The fourth-order valence-electron chi connectivity index (χ4n) is 3.42. The predicted molar refractivity (Wildman–Crippen MR) is 107 cm³/mol. The van der Waals surface area contributed by atoms with E-state index in [0.29, 0.717) is 0 Å². The average Bonchev–Trinajstić information content (AvgIpc) is 2.90. The summed E-state index contributed by atoms with van der Waals surface area (Å²) in [7, 11) is 0. The van der Waals surface area contributed by atoms with Gasteiger partial charge in [0.25, 0.3) is 0 Å². The Bertz CT molecular complexity index is 684. The maximum atomic E-state index is 12.6. The highest BCUT2D eigenvalue weighted by atomic mass is 16.2. The lowest BCUT2D eigenvalue weighted by atomic mass is 10.1. The van der Waals surface area contributed by atoms with Crippen molar-refractivity contribution in [1.29, 1.82) is 0 Å². The lowest BCUT2D eigenvalue weighted by Crippen LogP contribution is -2.38. The maximum Gasteiger partial charge on any atom is 0.321 e. The van der Waals surface area contributed by atoms with Crippen LogP contribution in [-0.2, 0) is 13.0 Å². The molecule has 4 nitrogen and oxygen atoms in total. The fourth-order valence-corrected chi connectivity index (χ4v) is 3.42. The molecule has 2 aromatic rings. The first-order valence-corrected chi connectivity index (χ1v) is 9.66. The largest absolute Gasteiger partial charge is 0.323 e. The topological polar surface area (TPSA) is 35.6 Å². The minimum Gasteiger partial charge on any atom is -0.323 e. The van der Waals surface area contributed by atoms with Crippen molar-refractivity contribution in [3.8, 4) is 0 Å². The zero-order chi connectivity index (χ0) is 18.2. The monoisotopic (exact) mass is 351 g/mol. The molecule has 2 aromatic carbocycles. The van der Waals surface area contributed by atoms with E-state index in [1.165, 1.54) is 11.1 Å². The first-order valence-electron chi connectivity index (χ1n) is 9.66. The summed E-state index contributed by atoms with van der Waals surface area (Å²) in [6, 6.07) is 18.8. The van der Waals surface area contributed by atoms with Crippen LogP contribution in [0.2, 0.25) is 0 Å². The summed E-state index contributed by atoms with van der Waals surface area (Å²) in [4.78, 5) is 17.0. The van der Waals surface area contributed by atoms with Gasteiger partial charge in [-0.15, -0.1) is 0 Å². The van der Waals surface area contributed by atoms with Gasteiger partial charge in [-0.05, 0) is 36.1 Å². The van der Waals surface area contributed by atoms with Crippen LogP contribution in [0.1, 0.15) is 30.9 Å². The molecule has 0 radical (unpaired) electrons. The van der Waals surface area contributed by atoms with Crippen LogP contribution in [0.15, 0.2) is 54.6 Å². The van der Waals surface area contributed by atoms with Gasteiger partial charge in [0.2, 0.25) is 0 Å². The molecule has 1 heterocycles. The molecule has 0 aromatic heterocycles. The van der Waals surface area contributed by atoms with E-state index < -0.39 is 0 Å². The van der Waals surface area contributed by atoms with E-state index in [1.807, 2.05) is 23.1 Å². The van der Waals surface area contributed by atoms with E-state index in [2.05, 4.69) is 53.5 Å². The van der Waals surface area contributed by atoms with Gasteiger partial charge in [-0.25, -0.2) is 4.79 Å².